The third-order valence-corrected chi connectivity index (χ3v) is 5.11. The Hall–Kier alpha value is -3.48. The molecule has 0 saturated heterocycles. The van der Waals surface area contributed by atoms with Crippen LogP contribution >= 0.6 is 0 Å². The second-order valence-corrected chi connectivity index (χ2v) is 7.14. The van der Waals surface area contributed by atoms with Crippen molar-refractivity contribution in [2.24, 2.45) is 0 Å². The van der Waals surface area contributed by atoms with Crippen LogP contribution in [0.1, 0.15) is 30.4 Å². The minimum absolute atomic E-state index is 0.104. The summed E-state index contributed by atoms with van der Waals surface area (Å²) in [6.45, 7) is 1.40. The first-order chi connectivity index (χ1) is 14.2. The fraction of sp³-hybridized carbons (Fsp3) is 0.273. The smallest absolute Gasteiger partial charge is 0.225 e. The van der Waals surface area contributed by atoms with Gasteiger partial charge in [0, 0.05) is 50.0 Å². The monoisotopic (exact) mass is 389 g/mol. The maximum atomic E-state index is 12.5. The number of benzene rings is 1. The minimum Gasteiger partial charge on any atom is -0.338 e. The van der Waals surface area contributed by atoms with Crippen molar-refractivity contribution in [3.8, 4) is 11.3 Å². The Morgan fingerprint density at radius 1 is 1.07 bits per heavy atom. The van der Waals surface area contributed by atoms with Crippen LogP contribution in [0.25, 0.3) is 11.3 Å². The molecule has 2 N–H and O–H groups in total. The third-order valence-electron chi connectivity index (χ3n) is 5.11. The van der Waals surface area contributed by atoms with E-state index in [1.165, 1.54) is 11.1 Å². The zero-order valence-electron chi connectivity index (χ0n) is 16.1. The van der Waals surface area contributed by atoms with Gasteiger partial charge in [-0.2, -0.15) is 5.10 Å². The highest BCUT2D eigenvalue weighted by Crippen LogP contribution is 2.20. The Bertz CT molecular complexity index is 999. The summed E-state index contributed by atoms with van der Waals surface area (Å²) in [6, 6.07) is 13.8. The quantitative estimate of drug-likeness (QED) is 0.677. The first kappa shape index (κ1) is 18.9. The Morgan fingerprint density at radius 3 is 2.69 bits per heavy atom. The summed E-state index contributed by atoms with van der Waals surface area (Å²) in [5.74, 6) is 0.433. The van der Waals surface area contributed by atoms with Gasteiger partial charge in [-0.05, 0) is 36.1 Å². The first-order valence-corrected chi connectivity index (χ1v) is 9.79. The molecule has 0 aliphatic carbocycles. The number of rotatable bonds is 6. The van der Waals surface area contributed by atoms with Crippen molar-refractivity contribution in [3.63, 3.8) is 0 Å². The molecule has 1 aliphatic heterocycles. The highest BCUT2D eigenvalue weighted by atomic mass is 16.2. The molecule has 0 saturated carbocycles. The summed E-state index contributed by atoms with van der Waals surface area (Å²) in [7, 11) is 0. The molecule has 148 valence electrons. The number of hydrogen-bond donors (Lipinski definition) is 2. The second-order valence-electron chi connectivity index (χ2n) is 7.14. The van der Waals surface area contributed by atoms with E-state index < -0.39 is 0 Å². The van der Waals surface area contributed by atoms with Crippen LogP contribution in [-0.4, -0.2) is 38.4 Å². The van der Waals surface area contributed by atoms with Crippen molar-refractivity contribution < 1.29 is 9.59 Å². The maximum Gasteiger partial charge on any atom is 0.225 e. The molecule has 0 spiro atoms. The number of anilines is 1. The molecule has 1 aliphatic rings. The Labute approximate surface area is 169 Å². The summed E-state index contributed by atoms with van der Waals surface area (Å²) < 4.78 is 0. The number of hydrogen-bond acceptors (Lipinski definition) is 4. The van der Waals surface area contributed by atoms with E-state index >= 15 is 0 Å². The van der Waals surface area contributed by atoms with E-state index in [9.17, 15) is 9.59 Å². The van der Waals surface area contributed by atoms with Crippen molar-refractivity contribution in [1.82, 2.24) is 20.1 Å². The van der Waals surface area contributed by atoms with Crippen molar-refractivity contribution >= 4 is 17.6 Å². The van der Waals surface area contributed by atoms with E-state index in [1.54, 1.807) is 18.5 Å². The average molecular weight is 389 g/mol. The number of aromatic amines is 1. The lowest BCUT2D eigenvalue weighted by molar-refractivity contribution is -0.132. The molecule has 0 unspecified atom stereocenters. The van der Waals surface area contributed by atoms with Crippen molar-refractivity contribution in [2.45, 2.75) is 32.2 Å². The van der Waals surface area contributed by atoms with Gasteiger partial charge in [0.1, 0.15) is 0 Å². The van der Waals surface area contributed by atoms with Gasteiger partial charge in [-0.15, -0.1) is 0 Å². The topological polar surface area (TPSA) is 91.0 Å². The molecule has 4 rings (SSSR count). The highest BCUT2D eigenvalue weighted by molar-refractivity contribution is 5.90. The van der Waals surface area contributed by atoms with Crippen molar-refractivity contribution in [2.75, 3.05) is 11.9 Å². The summed E-state index contributed by atoms with van der Waals surface area (Å²) in [5, 5.41) is 9.79. The summed E-state index contributed by atoms with van der Waals surface area (Å²) in [6.07, 6.45) is 5.47. The lowest BCUT2D eigenvalue weighted by Gasteiger charge is -2.29. The predicted molar refractivity (Wildman–Crippen MR) is 110 cm³/mol. The van der Waals surface area contributed by atoms with Gasteiger partial charge in [0.25, 0.3) is 0 Å². The van der Waals surface area contributed by atoms with Crippen LogP contribution in [0.3, 0.4) is 0 Å². The van der Waals surface area contributed by atoms with Crippen LogP contribution in [0.5, 0.6) is 0 Å². The number of aromatic nitrogens is 3. The predicted octanol–water partition coefficient (Wildman–Crippen LogP) is 3.17. The van der Waals surface area contributed by atoms with E-state index in [0.29, 0.717) is 25.2 Å². The zero-order chi connectivity index (χ0) is 20.1. The summed E-state index contributed by atoms with van der Waals surface area (Å²) in [5.41, 5.74) is 4.29. The fourth-order valence-corrected chi connectivity index (χ4v) is 3.54. The summed E-state index contributed by atoms with van der Waals surface area (Å²) in [4.78, 5) is 30.5. The highest BCUT2D eigenvalue weighted by Gasteiger charge is 2.20. The number of pyridine rings is 1. The summed E-state index contributed by atoms with van der Waals surface area (Å²) >= 11 is 0. The molecular weight excluding hydrogens is 366 g/mol. The van der Waals surface area contributed by atoms with Crippen molar-refractivity contribution in [3.05, 3.63) is 66.0 Å². The van der Waals surface area contributed by atoms with Crippen molar-refractivity contribution in [1.29, 1.82) is 0 Å². The third kappa shape index (κ3) is 4.68. The van der Waals surface area contributed by atoms with Crippen LogP contribution in [-0.2, 0) is 22.6 Å². The molecule has 3 aromatic rings. The molecule has 2 aromatic heterocycles. The molecule has 2 amide bonds. The van der Waals surface area contributed by atoms with Crippen LogP contribution in [0.2, 0.25) is 0 Å². The van der Waals surface area contributed by atoms with E-state index in [0.717, 1.165) is 24.2 Å². The standard InChI is InChI=1S/C22H23N5O2/c28-21(24-20-14-19(25-26-20)17-8-11-23-12-9-17)6-3-7-22(29)27-13-10-16-4-1-2-5-18(16)15-27/h1-2,4-5,8-9,11-12,14H,3,6-7,10,13,15H2,(H2,24,25,26,28). The van der Waals surface area contributed by atoms with Gasteiger partial charge in [0.15, 0.2) is 5.82 Å². The number of nitrogens with one attached hydrogen (secondary N) is 2. The van der Waals surface area contributed by atoms with E-state index in [2.05, 4.69) is 32.6 Å². The molecule has 7 nitrogen and oxygen atoms in total. The van der Waals surface area contributed by atoms with Gasteiger partial charge in [0.2, 0.25) is 11.8 Å². The zero-order valence-corrected chi connectivity index (χ0v) is 16.1. The second kappa shape index (κ2) is 8.68. The van der Waals surface area contributed by atoms with Gasteiger partial charge in [-0.3, -0.25) is 19.7 Å². The fourth-order valence-electron chi connectivity index (χ4n) is 3.54. The van der Waals surface area contributed by atoms with Crippen LogP contribution in [0.4, 0.5) is 5.82 Å². The SMILES string of the molecule is O=C(CCCC(=O)N1CCc2ccccc2C1)Nc1cc(-c2ccncc2)[nH]n1. The number of carbonyl (C=O) groups excluding carboxylic acids is 2. The maximum absolute atomic E-state index is 12.5. The number of H-pyrrole nitrogens is 1. The van der Waals surface area contributed by atoms with Crippen LogP contribution in [0.15, 0.2) is 54.9 Å². The lowest BCUT2D eigenvalue weighted by atomic mass is 9.99. The number of nitrogens with zero attached hydrogens (tertiary/aromatic N) is 3. The Balaban J connectivity index is 1.22. The normalized spacial score (nSPS) is 13.0. The van der Waals surface area contributed by atoms with E-state index in [4.69, 9.17) is 0 Å². The van der Waals surface area contributed by atoms with E-state index in [-0.39, 0.29) is 18.2 Å². The molecule has 0 bridgehead atoms. The van der Waals surface area contributed by atoms with Crippen LogP contribution < -0.4 is 5.32 Å². The van der Waals surface area contributed by atoms with Gasteiger partial charge in [0.05, 0.1) is 5.69 Å². The first-order valence-electron chi connectivity index (χ1n) is 9.79. The Morgan fingerprint density at radius 2 is 1.86 bits per heavy atom. The molecule has 0 radical (unpaired) electrons. The number of amides is 2. The lowest BCUT2D eigenvalue weighted by Crippen LogP contribution is -2.35. The Kier molecular flexibility index (Phi) is 5.65. The molecule has 0 fully saturated rings. The molecule has 0 atom stereocenters. The number of carbonyl (C=O) groups is 2. The largest absolute Gasteiger partial charge is 0.338 e. The van der Waals surface area contributed by atoms with Gasteiger partial charge < -0.3 is 10.2 Å². The minimum atomic E-state index is -0.144. The molecule has 29 heavy (non-hydrogen) atoms. The van der Waals surface area contributed by atoms with Crippen LogP contribution in [0, 0.1) is 0 Å². The van der Waals surface area contributed by atoms with Gasteiger partial charge in [-0.25, -0.2) is 0 Å². The molecule has 1 aromatic carbocycles. The van der Waals surface area contributed by atoms with E-state index in [1.807, 2.05) is 29.2 Å². The van der Waals surface area contributed by atoms with Gasteiger partial charge in [-0.1, -0.05) is 24.3 Å². The molecule has 3 heterocycles. The average Bonchev–Trinajstić information content (AvgIpc) is 3.22. The molecule has 7 heteroatoms. The molecular formula is C22H23N5O2. The number of fused-ring (bicyclic) bond motifs is 1. The van der Waals surface area contributed by atoms with Gasteiger partial charge >= 0.3 is 0 Å².